The van der Waals surface area contributed by atoms with Crippen molar-refractivity contribution >= 4 is 6.29 Å². The van der Waals surface area contributed by atoms with Crippen LogP contribution in [0.2, 0.25) is 0 Å². The van der Waals surface area contributed by atoms with Crippen molar-refractivity contribution in [2.75, 3.05) is 32.8 Å². The lowest BCUT2D eigenvalue weighted by Crippen LogP contribution is -2.57. The molecule has 102 valence electrons. The van der Waals surface area contributed by atoms with Gasteiger partial charge in [0.25, 0.3) is 0 Å². The Hall–Kier alpha value is -0.490. The molecule has 3 aliphatic heterocycles. The fourth-order valence-electron chi connectivity index (χ4n) is 3.31. The molecule has 18 heavy (non-hydrogen) atoms. The third-order valence-corrected chi connectivity index (χ3v) is 4.36. The van der Waals surface area contributed by atoms with Crippen LogP contribution in [0, 0.1) is 0 Å². The zero-order valence-corrected chi connectivity index (χ0v) is 10.8. The van der Waals surface area contributed by atoms with Crippen LogP contribution in [-0.2, 0) is 14.3 Å². The maximum Gasteiger partial charge on any atom is 0.171 e. The minimum absolute atomic E-state index is 0.0817. The molecule has 1 atom stereocenters. The lowest BCUT2D eigenvalue weighted by molar-refractivity contribution is -0.211. The molecule has 5 heteroatoms. The maximum atomic E-state index is 11.1. The van der Waals surface area contributed by atoms with Crippen molar-refractivity contribution < 1.29 is 14.3 Å². The van der Waals surface area contributed by atoms with E-state index in [4.69, 9.17) is 9.47 Å². The third-order valence-electron chi connectivity index (χ3n) is 4.36. The van der Waals surface area contributed by atoms with Crippen LogP contribution in [0.1, 0.15) is 32.1 Å². The molecule has 1 unspecified atom stereocenters. The summed E-state index contributed by atoms with van der Waals surface area (Å²) in [6.45, 7) is 4.33. The van der Waals surface area contributed by atoms with Crippen molar-refractivity contribution in [1.82, 2.24) is 10.0 Å². The summed E-state index contributed by atoms with van der Waals surface area (Å²) >= 11 is 0. The van der Waals surface area contributed by atoms with Gasteiger partial charge in [-0.2, -0.15) is 0 Å². The Labute approximate surface area is 108 Å². The number of aldehydes is 1. The zero-order chi connectivity index (χ0) is 12.4. The van der Waals surface area contributed by atoms with Crippen LogP contribution < -0.4 is 0 Å². The summed E-state index contributed by atoms with van der Waals surface area (Å²) < 4.78 is 11.5. The normalized spacial score (nSPS) is 33.9. The molecular weight excluding hydrogens is 232 g/mol. The predicted molar refractivity (Wildman–Crippen MR) is 65.9 cm³/mol. The van der Waals surface area contributed by atoms with Crippen molar-refractivity contribution in [3.8, 4) is 0 Å². The van der Waals surface area contributed by atoms with Crippen LogP contribution in [0.4, 0.5) is 0 Å². The molecule has 3 fully saturated rings. The van der Waals surface area contributed by atoms with Crippen LogP contribution in [-0.4, -0.2) is 61.0 Å². The second kappa shape index (κ2) is 5.25. The van der Waals surface area contributed by atoms with Crippen molar-refractivity contribution in [3.05, 3.63) is 0 Å². The molecule has 0 bridgehead atoms. The molecule has 3 saturated heterocycles. The summed E-state index contributed by atoms with van der Waals surface area (Å²) in [6.07, 6.45) is 6.29. The van der Waals surface area contributed by atoms with Crippen molar-refractivity contribution in [1.29, 1.82) is 0 Å². The van der Waals surface area contributed by atoms with Crippen LogP contribution in [0.5, 0.6) is 0 Å². The number of piperidine rings is 2. The Morgan fingerprint density at radius 2 is 1.78 bits per heavy atom. The molecule has 0 saturated carbocycles. The van der Waals surface area contributed by atoms with Gasteiger partial charge in [0.2, 0.25) is 0 Å². The smallest absolute Gasteiger partial charge is 0.171 e. The van der Waals surface area contributed by atoms with Crippen LogP contribution in [0.15, 0.2) is 0 Å². The second-order valence-electron chi connectivity index (χ2n) is 5.42. The monoisotopic (exact) mass is 254 g/mol. The molecule has 0 radical (unpaired) electrons. The lowest BCUT2D eigenvalue weighted by atomic mass is 10.0. The fraction of sp³-hybridized carbons (Fsp3) is 0.923. The highest BCUT2D eigenvalue weighted by atomic mass is 16.7. The van der Waals surface area contributed by atoms with Crippen molar-refractivity contribution in [3.63, 3.8) is 0 Å². The number of hydrazine groups is 1. The summed E-state index contributed by atoms with van der Waals surface area (Å²) in [4.78, 5) is 11.1. The second-order valence-corrected chi connectivity index (χ2v) is 5.42. The summed E-state index contributed by atoms with van der Waals surface area (Å²) in [5, 5.41) is 4.59. The minimum Gasteiger partial charge on any atom is -0.347 e. The summed E-state index contributed by atoms with van der Waals surface area (Å²) in [7, 11) is 0. The number of carbonyl (C=O) groups is 1. The predicted octanol–water partition coefficient (Wildman–Crippen LogP) is 0.794. The van der Waals surface area contributed by atoms with E-state index in [-0.39, 0.29) is 11.8 Å². The topological polar surface area (TPSA) is 42.0 Å². The quantitative estimate of drug-likeness (QED) is 0.682. The van der Waals surface area contributed by atoms with Gasteiger partial charge in [-0.3, -0.25) is 0 Å². The van der Waals surface area contributed by atoms with E-state index < -0.39 is 0 Å². The van der Waals surface area contributed by atoms with E-state index in [9.17, 15) is 4.79 Å². The van der Waals surface area contributed by atoms with E-state index in [1.165, 1.54) is 12.8 Å². The fourth-order valence-corrected chi connectivity index (χ4v) is 3.31. The average Bonchev–Trinajstić information content (AvgIpc) is 2.88. The van der Waals surface area contributed by atoms with E-state index in [1.54, 1.807) is 0 Å². The number of hydrogen-bond acceptors (Lipinski definition) is 5. The Morgan fingerprint density at radius 3 is 2.44 bits per heavy atom. The van der Waals surface area contributed by atoms with Gasteiger partial charge in [-0.25, -0.2) is 10.0 Å². The van der Waals surface area contributed by atoms with E-state index in [0.29, 0.717) is 0 Å². The molecule has 5 nitrogen and oxygen atoms in total. The van der Waals surface area contributed by atoms with Crippen LogP contribution in [0.25, 0.3) is 0 Å². The summed E-state index contributed by atoms with van der Waals surface area (Å²) in [5.41, 5.74) is 0. The Balaban J connectivity index is 1.59. The van der Waals surface area contributed by atoms with Gasteiger partial charge in [0.15, 0.2) is 5.79 Å². The zero-order valence-electron chi connectivity index (χ0n) is 10.8. The molecule has 3 heterocycles. The molecule has 3 aliphatic rings. The highest BCUT2D eigenvalue weighted by Crippen LogP contribution is 2.32. The van der Waals surface area contributed by atoms with Crippen molar-refractivity contribution in [2.24, 2.45) is 0 Å². The molecule has 0 N–H and O–H groups in total. The van der Waals surface area contributed by atoms with Gasteiger partial charge in [-0.05, 0) is 12.8 Å². The lowest BCUT2D eigenvalue weighted by Gasteiger charge is -2.46. The molecule has 0 aromatic heterocycles. The average molecular weight is 254 g/mol. The Bertz CT molecular complexity index is 295. The Morgan fingerprint density at radius 1 is 1.06 bits per heavy atom. The van der Waals surface area contributed by atoms with E-state index >= 15 is 0 Å². The first-order chi connectivity index (χ1) is 8.83. The summed E-state index contributed by atoms with van der Waals surface area (Å²) in [5.74, 6) is -0.317. The molecule has 0 aromatic rings. The highest BCUT2D eigenvalue weighted by Gasteiger charge is 2.41. The standard InChI is InChI=1S/C13H22N2O3/c16-11-12-3-1-2-6-15(12)14-7-4-13(5-8-14)17-9-10-18-13/h11-12H,1-10H2. The number of nitrogens with zero attached hydrogens (tertiary/aromatic N) is 2. The van der Waals surface area contributed by atoms with E-state index in [2.05, 4.69) is 10.0 Å². The van der Waals surface area contributed by atoms with Crippen LogP contribution in [0.3, 0.4) is 0 Å². The van der Waals surface area contributed by atoms with Gasteiger partial charge in [0.05, 0.1) is 19.3 Å². The highest BCUT2D eigenvalue weighted by molar-refractivity contribution is 5.57. The molecule has 0 aliphatic carbocycles. The number of carbonyl (C=O) groups excluding carboxylic acids is 1. The first-order valence-corrected chi connectivity index (χ1v) is 7.08. The molecule has 1 spiro atoms. The van der Waals surface area contributed by atoms with Gasteiger partial charge in [0, 0.05) is 32.5 Å². The summed E-state index contributed by atoms with van der Waals surface area (Å²) in [6, 6.07) is 0.0817. The molecular formula is C13H22N2O3. The molecule has 0 aromatic carbocycles. The van der Waals surface area contributed by atoms with Gasteiger partial charge < -0.3 is 14.3 Å². The van der Waals surface area contributed by atoms with E-state index in [1.807, 2.05) is 0 Å². The van der Waals surface area contributed by atoms with Gasteiger partial charge in [0.1, 0.15) is 6.29 Å². The minimum atomic E-state index is -0.317. The number of rotatable bonds is 2. The SMILES string of the molecule is O=CC1CCCCN1N1CCC2(CC1)OCCO2. The van der Waals surface area contributed by atoms with Gasteiger partial charge in [-0.1, -0.05) is 6.42 Å². The first-order valence-electron chi connectivity index (χ1n) is 7.08. The number of ether oxygens (including phenoxy) is 2. The van der Waals surface area contributed by atoms with E-state index in [0.717, 1.165) is 58.4 Å². The maximum absolute atomic E-state index is 11.1. The van der Waals surface area contributed by atoms with Crippen LogP contribution >= 0.6 is 0 Å². The van der Waals surface area contributed by atoms with Gasteiger partial charge in [-0.15, -0.1) is 0 Å². The molecule has 3 rings (SSSR count). The largest absolute Gasteiger partial charge is 0.347 e. The van der Waals surface area contributed by atoms with Gasteiger partial charge >= 0.3 is 0 Å². The van der Waals surface area contributed by atoms with Crippen molar-refractivity contribution in [2.45, 2.75) is 43.9 Å². The number of hydrogen-bond donors (Lipinski definition) is 0. The Kier molecular flexibility index (Phi) is 3.66. The molecule has 0 amide bonds. The first kappa shape index (κ1) is 12.5. The third kappa shape index (κ3) is 2.32.